The number of carbonyl (C=O) groups is 1. The van der Waals surface area contributed by atoms with Gasteiger partial charge in [0.15, 0.2) is 0 Å². The summed E-state index contributed by atoms with van der Waals surface area (Å²) < 4.78 is 25.7. The minimum absolute atomic E-state index is 0.137. The van der Waals surface area contributed by atoms with Gasteiger partial charge in [0.1, 0.15) is 5.60 Å². The Kier molecular flexibility index (Phi) is 19.4. The molecule has 4 saturated carbocycles. The van der Waals surface area contributed by atoms with Gasteiger partial charge in [0.2, 0.25) is 0 Å². The molecular weight excluding hydrogens is 693 g/mol. The van der Waals surface area contributed by atoms with Gasteiger partial charge >= 0.3 is 6.09 Å². The summed E-state index contributed by atoms with van der Waals surface area (Å²) in [5.74, 6) is 3.68. The number of fused-ring (bicyclic) bond motifs is 5. The Labute approximate surface area is 336 Å². The molecule has 0 aromatic rings. The first-order chi connectivity index (χ1) is 26.4. The van der Waals surface area contributed by atoms with E-state index in [0.29, 0.717) is 67.8 Å². The van der Waals surface area contributed by atoms with E-state index in [0.717, 1.165) is 104 Å². The molecule has 1 amide bonds. The summed E-state index contributed by atoms with van der Waals surface area (Å²) >= 11 is 0. The molecule has 4 unspecified atom stereocenters. The topological polar surface area (TPSA) is 168 Å². The number of rotatable bonds is 25. The molecule has 4 rings (SSSR count). The van der Waals surface area contributed by atoms with Gasteiger partial charge in [-0.15, -0.1) is 0 Å². The number of amides is 1. The van der Waals surface area contributed by atoms with E-state index in [1.165, 1.54) is 32.1 Å². The maximum atomic E-state index is 11.8. The van der Waals surface area contributed by atoms with Crippen LogP contribution in [-0.4, -0.2) is 102 Å². The summed E-state index contributed by atoms with van der Waals surface area (Å²) in [5.41, 5.74) is 17.8. The highest BCUT2D eigenvalue weighted by atomic mass is 16.6. The average molecular weight is 779 g/mol. The van der Waals surface area contributed by atoms with Crippen LogP contribution < -0.4 is 33.2 Å². The van der Waals surface area contributed by atoms with Crippen LogP contribution in [0.1, 0.15) is 131 Å². The number of carbonyl (C=O) groups excluding carboxylic acids is 1. The van der Waals surface area contributed by atoms with E-state index in [9.17, 15) is 4.79 Å². The van der Waals surface area contributed by atoms with Gasteiger partial charge in [0.05, 0.1) is 18.3 Å². The fraction of sp³-hybridized carbons (Fsp3) is 0.977. The molecule has 0 saturated heterocycles. The largest absolute Gasteiger partial charge is 0.444 e. The zero-order valence-corrected chi connectivity index (χ0v) is 36.1. The van der Waals surface area contributed by atoms with Crippen molar-refractivity contribution in [2.75, 3.05) is 72.2 Å². The molecule has 0 aromatic heterocycles. The molecule has 4 aliphatic rings. The molecule has 4 aliphatic carbocycles. The second-order valence-electron chi connectivity index (χ2n) is 19.2. The SMILES string of the molecule is C[C@H](CCCNCCCNCCCNC(=O)OC(C)(C)C)C1CC[C@H]2C3C(OCCCN)CC4C[C@H](OCCCN)CC[C@]4(C)[C@H]3C[C@H](OCCCN)[C@]12C. The molecule has 11 atom stereocenters. The van der Waals surface area contributed by atoms with Gasteiger partial charge < -0.3 is 52.1 Å². The minimum Gasteiger partial charge on any atom is -0.444 e. The van der Waals surface area contributed by atoms with Gasteiger partial charge in [-0.05, 0) is 197 Å². The Balaban J connectivity index is 1.31. The minimum atomic E-state index is -0.462. The zero-order chi connectivity index (χ0) is 39.9. The van der Waals surface area contributed by atoms with Gasteiger partial charge in [0.25, 0.3) is 0 Å². The molecule has 55 heavy (non-hydrogen) atoms. The van der Waals surface area contributed by atoms with E-state index in [1.54, 1.807) is 0 Å². The monoisotopic (exact) mass is 779 g/mol. The summed E-state index contributed by atoms with van der Waals surface area (Å²) in [4.78, 5) is 11.8. The molecule has 0 radical (unpaired) electrons. The summed E-state index contributed by atoms with van der Waals surface area (Å²) in [6.07, 6.45) is 16.1. The predicted molar refractivity (Wildman–Crippen MR) is 224 cm³/mol. The van der Waals surface area contributed by atoms with Crippen molar-refractivity contribution in [3.63, 3.8) is 0 Å². The number of nitrogens with two attached hydrogens (primary N) is 3. The van der Waals surface area contributed by atoms with E-state index < -0.39 is 5.60 Å². The van der Waals surface area contributed by atoms with Crippen molar-refractivity contribution in [2.24, 2.45) is 63.5 Å². The van der Waals surface area contributed by atoms with Gasteiger partial charge in [-0.1, -0.05) is 20.8 Å². The molecule has 4 fully saturated rings. The number of nitrogens with one attached hydrogen (secondary N) is 3. The van der Waals surface area contributed by atoms with Crippen molar-refractivity contribution in [3.05, 3.63) is 0 Å². The Morgan fingerprint density at radius 2 is 1.36 bits per heavy atom. The van der Waals surface area contributed by atoms with Crippen molar-refractivity contribution < 1.29 is 23.7 Å². The third-order valence-corrected chi connectivity index (χ3v) is 14.4. The lowest BCUT2D eigenvalue weighted by molar-refractivity contribution is -0.227. The summed E-state index contributed by atoms with van der Waals surface area (Å²) in [5, 5.41) is 10.0. The Morgan fingerprint density at radius 1 is 0.745 bits per heavy atom. The highest BCUT2D eigenvalue weighted by Crippen LogP contribution is 2.69. The lowest BCUT2D eigenvalue weighted by atomic mass is 9.43. The second kappa shape index (κ2) is 22.9. The molecule has 0 aliphatic heterocycles. The number of alkyl carbamates (subject to hydrolysis) is 1. The number of hydrogen-bond acceptors (Lipinski definition) is 10. The molecule has 0 bridgehead atoms. The van der Waals surface area contributed by atoms with Crippen molar-refractivity contribution >= 4 is 6.09 Å². The van der Waals surface area contributed by atoms with E-state index >= 15 is 0 Å². The van der Waals surface area contributed by atoms with Crippen molar-refractivity contribution in [1.29, 1.82) is 0 Å². The molecule has 0 spiro atoms. The number of hydrogen-bond donors (Lipinski definition) is 6. The van der Waals surface area contributed by atoms with Crippen molar-refractivity contribution in [1.82, 2.24) is 16.0 Å². The molecule has 322 valence electrons. The van der Waals surface area contributed by atoms with Gasteiger partial charge in [-0.25, -0.2) is 4.79 Å². The van der Waals surface area contributed by atoms with Crippen LogP contribution in [0.15, 0.2) is 0 Å². The Bertz CT molecular complexity index is 1100. The zero-order valence-electron chi connectivity index (χ0n) is 36.1. The van der Waals surface area contributed by atoms with Crippen LogP contribution >= 0.6 is 0 Å². The first kappa shape index (κ1) is 46.6. The first-order valence-electron chi connectivity index (χ1n) is 22.7. The van der Waals surface area contributed by atoms with Gasteiger partial charge in [-0.2, -0.15) is 0 Å². The molecule has 0 aromatic carbocycles. The standard InChI is InChI=1S/C44H86N6O5/c1-32(13-7-21-48-22-11-23-49-24-12-25-50-41(51)55-42(2,3)4)35-14-15-36-40-37(31-39(44(35,36)6)54-28-10-20-47)43(5)17-16-34(52-26-8-18-45)29-33(43)30-38(40)53-27-9-19-46/h32-40,48-49H,7-31,45-47H2,1-6H3,(H,50,51)/t32-,33?,34-,35?,36+,37+,38?,39+,40?,43+,44-/m1/s1. The fourth-order valence-electron chi connectivity index (χ4n) is 11.7. The average Bonchev–Trinajstić information content (AvgIpc) is 3.50. The molecule has 11 heteroatoms. The lowest BCUT2D eigenvalue weighted by Gasteiger charge is -2.65. The highest BCUT2D eigenvalue weighted by molar-refractivity contribution is 5.67. The third-order valence-electron chi connectivity index (χ3n) is 14.4. The van der Waals surface area contributed by atoms with Gasteiger partial charge in [-0.3, -0.25) is 0 Å². The Hall–Kier alpha value is -1.05. The normalized spacial score (nSPS) is 33.8. The van der Waals surface area contributed by atoms with Crippen LogP contribution in [0.2, 0.25) is 0 Å². The summed E-state index contributed by atoms with van der Waals surface area (Å²) in [6, 6.07) is 0. The van der Waals surface area contributed by atoms with Crippen LogP contribution in [0.4, 0.5) is 4.79 Å². The van der Waals surface area contributed by atoms with Crippen LogP contribution in [0, 0.1) is 46.3 Å². The van der Waals surface area contributed by atoms with Crippen LogP contribution in [0.3, 0.4) is 0 Å². The molecular formula is C44H86N6O5. The van der Waals surface area contributed by atoms with Crippen LogP contribution in [0.5, 0.6) is 0 Å². The summed E-state index contributed by atoms with van der Waals surface area (Å²) in [6.45, 7) is 22.3. The smallest absolute Gasteiger partial charge is 0.407 e. The predicted octanol–water partition coefficient (Wildman–Crippen LogP) is 5.97. The third kappa shape index (κ3) is 13.0. The van der Waals surface area contributed by atoms with Crippen molar-refractivity contribution in [3.8, 4) is 0 Å². The van der Waals surface area contributed by atoms with E-state index in [4.69, 9.17) is 36.1 Å². The highest BCUT2D eigenvalue weighted by Gasteiger charge is 2.66. The van der Waals surface area contributed by atoms with Gasteiger partial charge in [0, 0.05) is 31.8 Å². The maximum absolute atomic E-state index is 11.8. The Morgan fingerprint density at radius 3 is 2.02 bits per heavy atom. The van der Waals surface area contributed by atoms with Crippen LogP contribution in [0.25, 0.3) is 0 Å². The lowest BCUT2D eigenvalue weighted by Crippen LogP contribution is -2.63. The first-order valence-corrected chi connectivity index (χ1v) is 22.7. The fourth-order valence-corrected chi connectivity index (χ4v) is 11.7. The maximum Gasteiger partial charge on any atom is 0.407 e. The quantitative estimate of drug-likeness (QED) is 0.0608. The molecule has 9 N–H and O–H groups in total. The second-order valence-corrected chi connectivity index (χ2v) is 19.2. The molecule has 0 heterocycles. The van der Waals surface area contributed by atoms with E-state index in [2.05, 4.69) is 36.7 Å². The van der Waals surface area contributed by atoms with E-state index in [-0.39, 0.29) is 29.1 Å². The molecule has 11 nitrogen and oxygen atoms in total. The summed E-state index contributed by atoms with van der Waals surface area (Å²) in [7, 11) is 0. The van der Waals surface area contributed by atoms with Crippen molar-refractivity contribution in [2.45, 2.75) is 155 Å². The van der Waals surface area contributed by atoms with Crippen LogP contribution in [-0.2, 0) is 18.9 Å². The number of ether oxygens (including phenoxy) is 4. The van der Waals surface area contributed by atoms with E-state index in [1.807, 2.05) is 20.8 Å².